The van der Waals surface area contributed by atoms with E-state index in [9.17, 15) is 13.2 Å². The second-order valence-corrected chi connectivity index (χ2v) is 6.59. The van der Waals surface area contributed by atoms with Crippen LogP contribution in [-0.4, -0.2) is 23.7 Å². The SMILES string of the molecule is FC(F)(F)CC(NCC1CCCCS1)c1ccccc1. The van der Waals surface area contributed by atoms with E-state index in [1.165, 1.54) is 12.8 Å². The maximum atomic E-state index is 12.7. The number of thioether (sulfide) groups is 1. The molecular formula is C15H20F3NS. The summed E-state index contributed by atoms with van der Waals surface area (Å²) in [5.74, 6) is 1.13. The predicted molar refractivity (Wildman–Crippen MR) is 78.0 cm³/mol. The fourth-order valence-electron chi connectivity index (χ4n) is 2.47. The van der Waals surface area contributed by atoms with E-state index < -0.39 is 18.6 Å². The highest BCUT2D eigenvalue weighted by molar-refractivity contribution is 7.99. The maximum Gasteiger partial charge on any atom is 0.390 e. The first-order valence-corrected chi connectivity index (χ1v) is 8.06. The quantitative estimate of drug-likeness (QED) is 0.856. The van der Waals surface area contributed by atoms with Crippen molar-refractivity contribution >= 4 is 11.8 Å². The van der Waals surface area contributed by atoms with Gasteiger partial charge in [0.05, 0.1) is 6.42 Å². The molecule has 1 aromatic rings. The Labute approximate surface area is 122 Å². The van der Waals surface area contributed by atoms with Crippen molar-refractivity contribution in [3.63, 3.8) is 0 Å². The number of nitrogens with one attached hydrogen (secondary N) is 1. The smallest absolute Gasteiger partial charge is 0.309 e. The van der Waals surface area contributed by atoms with Gasteiger partial charge in [0.25, 0.3) is 0 Å². The fraction of sp³-hybridized carbons (Fsp3) is 0.600. The van der Waals surface area contributed by atoms with Crippen LogP contribution in [0.4, 0.5) is 13.2 Å². The Bertz CT molecular complexity index is 388. The van der Waals surface area contributed by atoms with Gasteiger partial charge in [-0.3, -0.25) is 0 Å². The monoisotopic (exact) mass is 303 g/mol. The Morgan fingerprint density at radius 1 is 1.20 bits per heavy atom. The standard InChI is InChI=1S/C15H20F3NS/c16-15(17,18)10-14(12-6-2-1-3-7-12)19-11-13-8-4-5-9-20-13/h1-3,6-7,13-14,19H,4-5,8-11H2. The summed E-state index contributed by atoms with van der Waals surface area (Å²) in [5.41, 5.74) is 0.714. The molecule has 1 aliphatic rings. The zero-order valence-corrected chi connectivity index (χ0v) is 12.1. The molecule has 0 bridgehead atoms. The first kappa shape index (κ1) is 15.7. The predicted octanol–water partition coefficient (Wildman–Crippen LogP) is 4.56. The molecule has 0 spiro atoms. The van der Waals surface area contributed by atoms with Crippen molar-refractivity contribution in [3.05, 3.63) is 35.9 Å². The van der Waals surface area contributed by atoms with Gasteiger partial charge in [-0.05, 0) is 24.2 Å². The van der Waals surface area contributed by atoms with Gasteiger partial charge in [-0.15, -0.1) is 0 Å². The maximum absolute atomic E-state index is 12.7. The topological polar surface area (TPSA) is 12.0 Å². The third-order valence-electron chi connectivity index (χ3n) is 3.50. The first-order valence-electron chi connectivity index (χ1n) is 7.01. The lowest BCUT2D eigenvalue weighted by atomic mass is 10.0. The molecule has 1 heterocycles. The second-order valence-electron chi connectivity index (χ2n) is 5.18. The molecule has 2 unspecified atom stereocenters. The Hall–Kier alpha value is -0.680. The van der Waals surface area contributed by atoms with E-state index in [-0.39, 0.29) is 0 Å². The summed E-state index contributed by atoms with van der Waals surface area (Å²) in [7, 11) is 0. The van der Waals surface area contributed by atoms with Crippen molar-refractivity contribution < 1.29 is 13.2 Å². The Balaban J connectivity index is 1.95. The lowest BCUT2D eigenvalue weighted by molar-refractivity contribution is -0.140. The normalized spacial score (nSPS) is 21.6. The Kier molecular flexibility index (Phi) is 5.78. The number of hydrogen-bond donors (Lipinski definition) is 1. The van der Waals surface area contributed by atoms with Crippen LogP contribution in [0.2, 0.25) is 0 Å². The molecule has 0 amide bonds. The molecule has 2 atom stereocenters. The third-order valence-corrected chi connectivity index (χ3v) is 4.90. The molecule has 1 fully saturated rings. The van der Waals surface area contributed by atoms with Crippen LogP contribution in [0, 0.1) is 0 Å². The molecule has 1 aromatic carbocycles. The van der Waals surface area contributed by atoms with Crippen molar-refractivity contribution in [1.29, 1.82) is 0 Å². The van der Waals surface area contributed by atoms with Crippen molar-refractivity contribution in [2.24, 2.45) is 0 Å². The van der Waals surface area contributed by atoms with Crippen LogP contribution in [0.3, 0.4) is 0 Å². The lowest BCUT2D eigenvalue weighted by Crippen LogP contribution is -2.32. The first-order chi connectivity index (χ1) is 9.54. The van der Waals surface area contributed by atoms with Gasteiger partial charge in [0, 0.05) is 17.8 Å². The average molecular weight is 303 g/mol. The minimum atomic E-state index is -4.15. The summed E-state index contributed by atoms with van der Waals surface area (Å²) in [5, 5.41) is 3.57. The highest BCUT2D eigenvalue weighted by Crippen LogP contribution is 2.30. The van der Waals surface area contributed by atoms with Gasteiger partial charge < -0.3 is 5.32 Å². The molecule has 5 heteroatoms. The van der Waals surface area contributed by atoms with Crippen molar-refractivity contribution in [3.8, 4) is 0 Å². The van der Waals surface area contributed by atoms with Gasteiger partial charge in [-0.25, -0.2) is 0 Å². The van der Waals surface area contributed by atoms with Gasteiger partial charge in [0.1, 0.15) is 0 Å². The number of rotatable bonds is 5. The summed E-state index contributed by atoms with van der Waals surface area (Å²) in [6.07, 6.45) is -1.44. The summed E-state index contributed by atoms with van der Waals surface area (Å²) in [4.78, 5) is 0. The largest absolute Gasteiger partial charge is 0.390 e. The van der Waals surface area contributed by atoms with Crippen molar-refractivity contribution in [2.45, 2.75) is 43.2 Å². The minimum Gasteiger partial charge on any atom is -0.309 e. The summed E-state index contributed by atoms with van der Waals surface area (Å²) in [6.45, 7) is 0.653. The van der Waals surface area contributed by atoms with E-state index >= 15 is 0 Å². The van der Waals surface area contributed by atoms with E-state index in [1.54, 1.807) is 24.3 Å². The summed E-state index contributed by atoms with van der Waals surface area (Å²) >= 11 is 1.87. The third kappa shape index (κ3) is 5.37. The molecule has 0 aromatic heterocycles. The minimum absolute atomic E-state index is 0.447. The number of alkyl halides is 3. The number of hydrogen-bond acceptors (Lipinski definition) is 2. The van der Waals surface area contributed by atoms with Crippen LogP contribution in [0.25, 0.3) is 0 Å². The van der Waals surface area contributed by atoms with E-state index in [1.807, 2.05) is 17.8 Å². The second kappa shape index (κ2) is 7.36. The van der Waals surface area contributed by atoms with E-state index in [4.69, 9.17) is 0 Å². The van der Waals surface area contributed by atoms with Gasteiger partial charge in [0.2, 0.25) is 0 Å². The zero-order valence-electron chi connectivity index (χ0n) is 11.3. The van der Waals surface area contributed by atoms with Gasteiger partial charge >= 0.3 is 6.18 Å². The summed E-state index contributed by atoms with van der Waals surface area (Å²) in [6, 6.07) is 8.28. The van der Waals surface area contributed by atoms with Crippen LogP contribution in [0.5, 0.6) is 0 Å². The van der Waals surface area contributed by atoms with Crippen molar-refractivity contribution in [2.75, 3.05) is 12.3 Å². The van der Waals surface area contributed by atoms with Crippen LogP contribution in [-0.2, 0) is 0 Å². The molecular weight excluding hydrogens is 283 g/mol. The van der Waals surface area contributed by atoms with Gasteiger partial charge in [0.15, 0.2) is 0 Å². The molecule has 1 nitrogen and oxygen atoms in total. The Morgan fingerprint density at radius 3 is 2.55 bits per heavy atom. The van der Waals surface area contributed by atoms with Crippen LogP contribution < -0.4 is 5.32 Å². The zero-order chi connectivity index (χ0) is 14.4. The van der Waals surface area contributed by atoms with Crippen LogP contribution in [0.15, 0.2) is 30.3 Å². The molecule has 2 rings (SSSR count). The van der Waals surface area contributed by atoms with Crippen molar-refractivity contribution in [1.82, 2.24) is 5.32 Å². The highest BCUT2D eigenvalue weighted by atomic mass is 32.2. The number of benzene rings is 1. The lowest BCUT2D eigenvalue weighted by Gasteiger charge is -2.26. The Morgan fingerprint density at radius 2 is 1.95 bits per heavy atom. The van der Waals surface area contributed by atoms with E-state index in [0.29, 0.717) is 17.4 Å². The summed E-state index contributed by atoms with van der Waals surface area (Å²) < 4.78 is 38.1. The van der Waals surface area contributed by atoms with E-state index in [0.717, 1.165) is 12.2 Å². The van der Waals surface area contributed by atoms with Gasteiger partial charge in [-0.2, -0.15) is 24.9 Å². The average Bonchev–Trinajstić information content (AvgIpc) is 2.44. The molecule has 112 valence electrons. The molecule has 0 radical (unpaired) electrons. The molecule has 20 heavy (non-hydrogen) atoms. The molecule has 1 saturated heterocycles. The molecule has 0 saturated carbocycles. The molecule has 1 aliphatic heterocycles. The number of halogens is 3. The van der Waals surface area contributed by atoms with Crippen LogP contribution >= 0.6 is 11.8 Å². The van der Waals surface area contributed by atoms with Crippen LogP contribution in [0.1, 0.15) is 37.3 Å². The van der Waals surface area contributed by atoms with E-state index in [2.05, 4.69) is 5.32 Å². The molecule has 1 N–H and O–H groups in total. The molecule has 0 aliphatic carbocycles. The fourth-order valence-corrected chi connectivity index (χ4v) is 3.72. The van der Waals surface area contributed by atoms with Gasteiger partial charge in [-0.1, -0.05) is 36.8 Å². The highest BCUT2D eigenvalue weighted by Gasteiger charge is 2.32.